The van der Waals surface area contributed by atoms with Crippen LogP contribution in [-0.2, 0) is 17.5 Å². The SMILES string of the molecule is OCCC1(CNCc2ccc(F)c(C(F)(F)F)c2)CCOC1. The van der Waals surface area contributed by atoms with Crippen LogP contribution in [0.5, 0.6) is 0 Å². The van der Waals surface area contributed by atoms with E-state index in [1.807, 2.05) is 0 Å². The van der Waals surface area contributed by atoms with E-state index in [2.05, 4.69) is 5.32 Å². The number of ether oxygens (including phenoxy) is 1. The first-order valence-electron chi connectivity index (χ1n) is 7.11. The highest BCUT2D eigenvalue weighted by molar-refractivity contribution is 5.27. The summed E-state index contributed by atoms with van der Waals surface area (Å²) in [6, 6.07) is 3.00. The van der Waals surface area contributed by atoms with E-state index >= 15 is 0 Å². The molecule has 1 aromatic carbocycles. The second kappa shape index (κ2) is 6.93. The number of halogens is 4. The predicted octanol–water partition coefficient (Wildman–Crippen LogP) is 2.72. The Morgan fingerprint density at radius 3 is 2.68 bits per heavy atom. The second-order valence-electron chi connectivity index (χ2n) is 5.69. The Kier molecular flexibility index (Phi) is 5.41. The average Bonchev–Trinajstić information content (AvgIpc) is 2.89. The summed E-state index contributed by atoms with van der Waals surface area (Å²) in [4.78, 5) is 0. The van der Waals surface area contributed by atoms with Gasteiger partial charge in [0.15, 0.2) is 0 Å². The van der Waals surface area contributed by atoms with E-state index in [4.69, 9.17) is 9.84 Å². The summed E-state index contributed by atoms with van der Waals surface area (Å²) < 4.78 is 56.5. The van der Waals surface area contributed by atoms with E-state index in [-0.39, 0.29) is 18.6 Å². The first kappa shape index (κ1) is 17.2. The molecule has 124 valence electrons. The van der Waals surface area contributed by atoms with Gasteiger partial charge in [0.2, 0.25) is 0 Å². The fraction of sp³-hybridized carbons (Fsp3) is 0.600. The molecule has 0 radical (unpaired) electrons. The van der Waals surface area contributed by atoms with Crippen molar-refractivity contribution in [2.75, 3.05) is 26.4 Å². The third-order valence-electron chi connectivity index (χ3n) is 3.99. The van der Waals surface area contributed by atoms with Crippen molar-refractivity contribution >= 4 is 0 Å². The first-order valence-corrected chi connectivity index (χ1v) is 7.11. The highest BCUT2D eigenvalue weighted by Gasteiger charge is 2.35. The number of aliphatic hydroxyl groups is 1. The zero-order chi connectivity index (χ0) is 16.2. The minimum Gasteiger partial charge on any atom is -0.396 e. The van der Waals surface area contributed by atoms with Crippen LogP contribution in [0.2, 0.25) is 0 Å². The van der Waals surface area contributed by atoms with Crippen molar-refractivity contribution in [1.29, 1.82) is 0 Å². The van der Waals surface area contributed by atoms with Crippen LogP contribution >= 0.6 is 0 Å². The fourth-order valence-electron chi connectivity index (χ4n) is 2.68. The molecule has 1 atom stereocenters. The Bertz CT molecular complexity index is 499. The van der Waals surface area contributed by atoms with Crippen LogP contribution in [0, 0.1) is 11.2 Å². The van der Waals surface area contributed by atoms with E-state index in [1.165, 1.54) is 6.07 Å². The quantitative estimate of drug-likeness (QED) is 0.792. The van der Waals surface area contributed by atoms with Gasteiger partial charge in [-0.3, -0.25) is 0 Å². The topological polar surface area (TPSA) is 41.5 Å². The van der Waals surface area contributed by atoms with Gasteiger partial charge in [-0.25, -0.2) is 4.39 Å². The van der Waals surface area contributed by atoms with Gasteiger partial charge in [-0.15, -0.1) is 0 Å². The van der Waals surface area contributed by atoms with Crippen molar-refractivity contribution in [2.24, 2.45) is 5.41 Å². The van der Waals surface area contributed by atoms with Crippen molar-refractivity contribution in [3.05, 3.63) is 35.1 Å². The summed E-state index contributed by atoms with van der Waals surface area (Å²) in [6.07, 6.45) is -3.31. The summed E-state index contributed by atoms with van der Waals surface area (Å²) in [5.41, 5.74) is -1.06. The maximum atomic E-state index is 13.2. The van der Waals surface area contributed by atoms with Crippen molar-refractivity contribution < 1.29 is 27.4 Å². The molecular formula is C15H19F4NO2. The predicted molar refractivity (Wildman–Crippen MR) is 72.7 cm³/mol. The van der Waals surface area contributed by atoms with Gasteiger partial charge in [0, 0.05) is 31.7 Å². The summed E-state index contributed by atoms with van der Waals surface area (Å²) in [5, 5.41) is 12.2. The lowest BCUT2D eigenvalue weighted by Crippen LogP contribution is -2.35. The maximum Gasteiger partial charge on any atom is 0.419 e. The monoisotopic (exact) mass is 321 g/mol. The lowest BCUT2D eigenvalue weighted by molar-refractivity contribution is -0.140. The summed E-state index contributed by atoms with van der Waals surface area (Å²) in [6.45, 7) is 1.93. The maximum absolute atomic E-state index is 13.2. The molecule has 1 aliphatic rings. The smallest absolute Gasteiger partial charge is 0.396 e. The molecule has 2 rings (SSSR count). The molecule has 1 aliphatic heterocycles. The molecule has 1 fully saturated rings. The van der Waals surface area contributed by atoms with Crippen molar-refractivity contribution in [1.82, 2.24) is 5.32 Å². The normalized spacial score (nSPS) is 22.2. The molecule has 1 aromatic rings. The van der Waals surface area contributed by atoms with Gasteiger partial charge in [-0.2, -0.15) is 13.2 Å². The third kappa shape index (κ3) is 4.18. The molecule has 1 saturated heterocycles. The third-order valence-corrected chi connectivity index (χ3v) is 3.99. The Morgan fingerprint density at radius 2 is 2.09 bits per heavy atom. The average molecular weight is 321 g/mol. The van der Waals surface area contributed by atoms with Crippen LogP contribution in [0.1, 0.15) is 24.0 Å². The highest BCUT2D eigenvalue weighted by Crippen LogP contribution is 2.33. The highest BCUT2D eigenvalue weighted by atomic mass is 19.4. The van der Waals surface area contributed by atoms with Crippen LogP contribution < -0.4 is 5.32 Å². The molecule has 1 heterocycles. The van der Waals surface area contributed by atoms with Crippen LogP contribution in [0.3, 0.4) is 0 Å². The van der Waals surface area contributed by atoms with E-state index in [0.29, 0.717) is 31.7 Å². The molecule has 0 bridgehead atoms. The lowest BCUT2D eigenvalue weighted by atomic mass is 9.84. The number of hydrogen-bond acceptors (Lipinski definition) is 3. The largest absolute Gasteiger partial charge is 0.419 e. The molecule has 7 heteroatoms. The van der Waals surface area contributed by atoms with E-state index in [0.717, 1.165) is 18.6 Å². The van der Waals surface area contributed by atoms with E-state index < -0.39 is 17.6 Å². The summed E-state index contributed by atoms with van der Waals surface area (Å²) in [7, 11) is 0. The Labute approximate surface area is 126 Å². The van der Waals surface area contributed by atoms with Gasteiger partial charge in [0.1, 0.15) is 5.82 Å². The molecule has 0 spiro atoms. The van der Waals surface area contributed by atoms with Crippen molar-refractivity contribution in [2.45, 2.75) is 25.6 Å². The minimum atomic E-state index is -4.70. The Hall–Kier alpha value is -1.18. The number of benzene rings is 1. The van der Waals surface area contributed by atoms with E-state index in [1.54, 1.807) is 0 Å². The molecule has 0 saturated carbocycles. The van der Waals surface area contributed by atoms with E-state index in [9.17, 15) is 17.6 Å². The molecule has 2 N–H and O–H groups in total. The molecule has 1 unspecified atom stereocenters. The van der Waals surface area contributed by atoms with Gasteiger partial charge >= 0.3 is 6.18 Å². The molecule has 0 aromatic heterocycles. The molecule has 0 aliphatic carbocycles. The number of rotatable bonds is 6. The van der Waals surface area contributed by atoms with Crippen LogP contribution in [-0.4, -0.2) is 31.5 Å². The summed E-state index contributed by atoms with van der Waals surface area (Å²) >= 11 is 0. The fourth-order valence-corrected chi connectivity index (χ4v) is 2.68. The standard InChI is InChI=1S/C15H19F4NO2/c16-13-2-1-11(7-12(13)15(17,18)19)8-20-9-14(3-5-21)4-6-22-10-14/h1-2,7,20-21H,3-6,8-10H2. The molecule has 22 heavy (non-hydrogen) atoms. The zero-order valence-corrected chi connectivity index (χ0v) is 12.0. The summed E-state index contributed by atoms with van der Waals surface area (Å²) in [5.74, 6) is -1.27. The van der Waals surface area contributed by atoms with Crippen molar-refractivity contribution in [3.8, 4) is 0 Å². The van der Waals surface area contributed by atoms with Crippen LogP contribution in [0.4, 0.5) is 17.6 Å². The van der Waals surface area contributed by atoms with Gasteiger partial charge in [-0.05, 0) is 30.5 Å². The second-order valence-corrected chi connectivity index (χ2v) is 5.69. The zero-order valence-electron chi connectivity index (χ0n) is 12.0. The Balaban J connectivity index is 1.97. The first-order chi connectivity index (χ1) is 10.4. The van der Waals surface area contributed by atoms with Crippen LogP contribution in [0.15, 0.2) is 18.2 Å². The lowest BCUT2D eigenvalue weighted by Gasteiger charge is -2.27. The van der Waals surface area contributed by atoms with Gasteiger partial charge < -0.3 is 15.2 Å². The minimum absolute atomic E-state index is 0.0415. The molecule has 0 amide bonds. The number of alkyl halides is 3. The van der Waals surface area contributed by atoms with Crippen LogP contribution in [0.25, 0.3) is 0 Å². The van der Waals surface area contributed by atoms with Gasteiger partial charge in [0.05, 0.1) is 12.2 Å². The van der Waals surface area contributed by atoms with Gasteiger partial charge in [0.25, 0.3) is 0 Å². The van der Waals surface area contributed by atoms with Crippen molar-refractivity contribution in [3.63, 3.8) is 0 Å². The molecule has 3 nitrogen and oxygen atoms in total. The number of nitrogens with one attached hydrogen (secondary N) is 1. The molecular weight excluding hydrogens is 302 g/mol. The number of hydrogen-bond donors (Lipinski definition) is 2. The van der Waals surface area contributed by atoms with Gasteiger partial charge in [-0.1, -0.05) is 6.07 Å². The Morgan fingerprint density at radius 1 is 1.32 bits per heavy atom. The number of aliphatic hydroxyl groups excluding tert-OH is 1.